The molecule has 2 aliphatic rings. The molecule has 2 rings (SSSR count). The SMILES string of the molecule is CC1CN(C2CC(C(C)(C)C)CCC2C#N)CCCO1. The first-order valence-corrected chi connectivity index (χ1v) is 8.17. The number of hydrogen-bond acceptors (Lipinski definition) is 3. The molecule has 1 aliphatic carbocycles. The zero-order valence-corrected chi connectivity index (χ0v) is 13.6. The molecule has 1 saturated heterocycles. The molecule has 3 heteroatoms. The Hall–Kier alpha value is -0.590. The standard InChI is InChI=1S/C17H30N2O/c1-13-12-19(8-5-9-20-13)16-10-15(17(2,3)4)7-6-14(16)11-18/h13-16H,5-10,12H2,1-4H3. The number of ether oxygens (including phenoxy) is 1. The summed E-state index contributed by atoms with van der Waals surface area (Å²) in [5, 5.41) is 9.51. The van der Waals surface area contributed by atoms with Gasteiger partial charge >= 0.3 is 0 Å². The van der Waals surface area contributed by atoms with Crippen LogP contribution in [0, 0.1) is 28.6 Å². The van der Waals surface area contributed by atoms with E-state index in [0.717, 1.165) is 38.5 Å². The Morgan fingerprint density at radius 3 is 2.65 bits per heavy atom. The summed E-state index contributed by atoms with van der Waals surface area (Å²) in [5.74, 6) is 0.940. The zero-order valence-electron chi connectivity index (χ0n) is 13.6. The van der Waals surface area contributed by atoms with Crippen molar-refractivity contribution < 1.29 is 4.74 Å². The third-order valence-corrected chi connectivity index (χ3v) is 5.16. The molecule has 114 valence electrons. The third-order valence-electron chi connectivity index (χ3n) is 5.16. The lowest BCUT2D eigenvalue weighted by Gasteiger charge is -2.44. The molecular formula is C17H30N2O. The topological polar surface area (TPSA) is 36.3 Å². The first-order chi connectivity index (χ1) is 9.41. The van der Waals surface area contributed by atoms with E-state index in [1.165, 1.54) is 12.8 Å². The Balaban J connectivity index is 2.10. The summed E-state index contributed by atoms with van der Waals surface area (Å²) in [6.45, 7) is 12.1. The fraction of sp³-hybridized carbons (Fsp3) is 0.941. The smallest absolute Gasteiger partial charge is 0.0674 e. The van der Waals surface area contributed by atoms with E-state index in [1.54, 1.807) is 0 Å². The van der Waals surface area contributed by atoms with Crippen LogP contribution in [0.25, 0.3) is 0 Å². The average molecular weight is 278 g/mol. The van der Waals surface area contributed by atoms with Gasteiger partial charge in [-0.15, -0.1) is 0 Å². The van der Waals surface area contributed by atoms with Crippen molar-refractivity contribution in [3.63, 3.8) is 0 Å². The van der Waals surface area contributed by atoms with Gasteiger partial charge in [0.05, 0.1) is 18.1 Å². The third kappa shape index (κ3) is 3.74. The summed E-state index contributed by atoms with van der Waals surface area (Å²) in [6.07, 6.45) is 4.84. The van der Waals surface area contributed by atoms with Crippen LogP contribution < -0.4 is 0 Å². The van der Waals surface area contributed by atoms with Crippen molar-refractivity contribution in [1.82, 2.24) is 4.90 Å². The molecule has 1 aliphatic heterocycles. The number of nitriles is 1. The minimum atomic E-state index is 0.207. The van der Waals surface area contributed by atoms with Crippen molar-refractivity contribution in [1.29, 1.82) is 5.26 Å². The van der Waals surface area contributed by atoms with Crippen LogP contribution in [0.4, 0.5) is 0 Å². The van der Waals surface area contributed by atoms with Gasteiger partial charge in [0.2, 0.25) is 0 Å². The van der Waals surface area contributed by atoms with Gasteiger partial charge in [0.25, 0.3) is 0 Å². The molecule has 0 aromatic rings. The molecule has 4 atom stereocenters. The second kappa shape index (κ2) is 6.45. The van der Waals surface area contributed by atoms with E-state index in [2.05, 4.69) is 38.7 Å². The molecular weight excluding hydrogens is 248 g/mol. The highest BCUT2D eigenvalue weighted by atomic mass is 16.5. The van der Waals surface area contributed by atoms with Crippen molar-refractivity contribution in [2.75, 3.05) is 19.7 Å². The minimum absolute atomic E-state index is 0.207. The van der Waals surface area contributed by atoms with Gasteiger partial charge in [-0.25, -0.2) is 0 Å². The highest BCUT2D eigenvalue weighted by molar-refractivity contribution is 4.99. The molecule has 0 aromatic carbocycles. The molecule has 0 bridgehead atoms. The summed E-state index contributed by atoms with van der Waals surface area (Å²) in [4.78, 5) is 2.55. The van der Waals surface area contributed by atoms with Crippen molar-refractivity contribution >= 4 is 0 Å². The number of hydrogen-bond donors (Lipinski definition) is 0. The summed E-state index contributed by atoms with van der Waals surface area (Å²) in [7, 11) is 0. The molecule has 0 radical (unpaired) electrons. The molecule has 0 N–H and O–H groups in total. The summed E-state index contributed by atoms with van der Waals surface area (Å²) in [6, 6.07) is 3.01. The molecule has 0 spiro atoms. The van der Waals surface area contributed by atoms with Crippen LogP contribution in [0.3, 0.4) is 0 Å². The lowest BCUT2D eigenvalue weighted by atomic mass is 9.67. The molecule has 1 heterocycles. The van der Waals surface area contributed by atoms with Gasteiger partial charge in [0.15, 0.2) is 0 Å². The Morgan fingerprint density at radius 2 is 2.00 bits per heavy atom. The predicted octanol–water partition coefficient (Wildman–Crippen LogP) is 3.45. The van der Waals surface area contributed by atoms with E-state index >= 15 is 0 Å². The second-order valence-corrected chi connectivity index (χ2v) is 7.71. The Morgan fingerprint density at radius 1 is 1.25 bits per heavy atom. The zero-order chi connectivity index (χ0) is 14.8. The van der Waals surface area contributed by atoms with E-state index in [-0.39, 0.29) is 5.92 Å². The first-order valence-electron chi connectivity index (χ1n) is 8.17. The predicted molar refractivity (Wildman–Crippen MR) is 81.3 cm³/mol. The quantitative estimate of drug-likeness (QED) is 0.737. The Labute approximate surface area is 124 Å². The van der Waals surface area contributed by atoms with E-state index < -0.39 is 0 Å². The van der Waals surface area contributed by atoms with Crippen LogP contribution >= 0.6 is 0 Å². The van der Waals surface area contributed by atoms with Gasteiger partial charge in [-0.1, -0.05) is 20.8 Å². The van der Waals surface area contributed by atoms with Crippen LogP contribution in [0.5, 0.6) is 0 Å². The molecule has 2 fully saturated rings. The minimum Gasteiger partial charge on any atom is -0.377 e. The molecule has 20 heavy (non-hydrogen) atoms. The van der Waals surface area contributed by atoms with E-state index in [4.69, 9.17) is 4.74 Å². The van der Waals surface area contributed by atoms with Crippen LogP contribution in [-0.4, -0.2) is 36.7 Å². The highest BCUT2D eigenvalue weighted by Gasteiger charge is 2.39. The molecule has 0 amide bonds. The number of rotatable bonds is 1. The summed E-state index contributed by atoms with van der Waals surface area (Å²) < 4.78 is 5.76. The average Bonchev–Trinajstić information content (AvgIpc) is 2.61. The van der Waals surface area contributed by atoms with Crippen molar-refractivity contribution in [2.45, 2.75) is 65.5 Å². The highest BCUT2D eigenvalue weighted by Crippen LogP contribution is 2.41. The van der Waals surface area contributed by atoms with Crippen LogP contribution in [0.1, 0.15) is 53.4 Å². The fourth-order valence-electron chi connectivity index (χ4n) is 3.82. The lowest BCUT2D eigenvalue weighted by molar-refractivity contribution is 0.0313. The molecule has 1 saturated carbocycles. The van der Waals surface area contributed by atoms with Crippen LogP contribution in [0.15, 0.2) is 0 Å². The maximum atomic E-state index is 9.51. The fourth-order valence-corrected chi connectivity index (χ4v) is 3.82. The number of nitrogens with zero attached hydrogens (tertiary/aromatic N) is 2. The molecule has 0 aromatic heterocycles. The summed E-state index contributed by atoms with van der Waals surface area (Å²) >= 11 is 0. The van der Waals surface area contributed by atoms with Crippen molar-refractivity contribution in [2.24, 2.45) is 17.3 Å². The van der Waals surface area contributed by atoms with Crippen LogP contribution in [-0.2, 0) is 4.74 Å². The van der Waals surface area contributed by atoms with Gasteiger partial charge in [-0.3, -0.25) is 4.90 Å². The largest absolute Gasteiger partial charge is 0.377 e. The van der Waals surface area contributed by atoms with Crippen LogP contribution in [0.2, 0.25) is 0 Å². The molecule has 4 unspecified atom stereocenters. The maximum absolute atomic E-state index is 9.51. The Bertz CT molecular complexity index is 355. The first kappa shape index (κ1) is 15.8. The van der Waals surface area contributed by atoms with Crippen molar-refractivity contribution in [3.8, 4) is 6.07 Å². The normalized spacial score (nSPS) is 37.1. The van der Waals surface area contributed by atoms with E-state index in [9.17, 15) is 5.26 Å². The van der Waals surface area contributed by atoms with Gasteiger partial charge in [-0.2, -0.15) is 5.26 Å². The van der Waals surface area contributed by atoms with Gasteiger partial charge < -0.3 is 4.74 Å². The van der Waals surface area contributed by atoms with Gasteiger partial charge in [0, 0.05) is 25.7 Å². The van der Waals surface area contributed by atoms with Gasteiger partial charge in [0.1, 0.15) is 0 Å². The Kier molecular flexibility index (Phi) is 5.09. The van der Waals surface area contributed by atoms with Gasteiger partial charge in [-0.05, 0) is 43.9 Å². The van der Waals surface area contributed by atoms with Crippen molar-refractivity contribution in [3.05, 3.63) is 0 Å². The van der Waals surface area contributed by atoms with E-state index in [0.29, 0.717) is 17.6 Å². The monoisotopic (exact) mass is 278 g/mol. The molecule has 3 nitrogen and oxygen atoms in total. The second-order valence-electron chi connectivity index (χ2n) is 7.71. The lowest BCUT2D eigenvalue weighted by Crippen LogP contribution is -2.48. The summed E-state index contributed by atoms with van der Waals surface area (Å²) in [5.41, 5.74) is 0.354. The van der Waals surface area contributed by atoms with E-state index in [1.807, 2.05) is 0 Å². The maximum Gasteiger partial charge on any atom is 0.0674 e.